The number of ether oxygens (including phenoxy) is 1. The van der Waals surface area contributed by atoms with E-state index < -0.39 is 59.6 Å². The molecule has 0 bridgehead atoms. The number of rotatable bonds is 12. The normalized spacial score (nSPS) is 21.9. The quantitative estimate of drug-likeness (QED) is 0.0632. The molecule has 0 saturated carbocycles. The van der Waals surface area contributed by atoms with Crippen molar-refractivity contribution in [2.75, 3.05) is 26.7 Å². The first-order valence-corrected chi connectivity index (χ1v) is 15.8. The van der Waals surface area contributed by atoms with E-state index in [1.807, 2.05) is 12.3 Å². The average molecular weight is 695 g/mol. The largest absolute Gasteiger partial charge is 0.469 e. The number of nitrogens with two attached hydrogens (primary N) is 4. The number of methoxy groups -OCH3 is 1. The Kier molecular flexibility index (Phi) is 15.0. The minimum absolute atomic E-state index is 0.0762. The zero-order valence-electron chi connectivity index (χ0n) is 28.0. The highest BCUT2D eigenvalue weighted by Crippen LogP contribution is 2.28. The second-order valence-corrected chi connectivity index (χ2v) is 11.6. The van der Waals surface area contributed by atoms with Crippen molar-refractivity contribution in [3.8, 4) is 0 Å². The summed E-state index contributed by atoms with van der Waals surface area (Å²) in [7, 11) is 1.28. The Labute approximate surface area is 282 Å². The number of hydrogen-bond acceptors (Lipinski definition) is 13. The first-order valence-electron chi connectivity index (χ1n) is 15.8. The standard InChI is InChI=1S/C10H14N4O3.C10H16N2O4.C9H16N4O3/c1-2-7(9(11)16)14-4-6(3-8(14)15)10-13-12-5-17-10;1-3-7(9(11)14)12-5-6(4-8(12)13)10(15)16-2;1-2-6(8(10)15)13-4-5(3-7(13)14)9(16)12-11/h5-7H,2-4H2,1H3,(H2,11,16);6-7H,3-5H2,1-2H3,(H2,11,14);5-6H,2-4,11H2,1H3,(H2,10,15)(H,12,16)/t2*6?,7-;5?,6-/m000/s1. The van der Waals surface area contributed by atoms with Crippen molar-refractivity contribution in [1.82, 2.24) is 30.3 Å². The molecule has 0 radical (unpaired) electrons. The molecule has 0 aromatic carbocycles. The van der Waals surface area contributed by atoms with Crippen LogP contribution < -0.4 is 28.5 Å². The highest BCUT2D eigenvalue weighted by Gasteiger charge is 2.41. The van der Waals surface area contributed by atoms with Gasteiger partial charge in [0, 0.05) is 38.9 Å². The van der Waals surface area contributed by atoms with Gasteiger partial charge in [0.1, 0.15) is 18.1 Å². The molecule has 3 aliphatic rings. The van der Waals surface area contributed by atoms with Gasteiger partial charge >= 0.3 is 5.97 Å². The van der Waals surface area contributed by atoms with Crippen LogP contribution in [0.25, 0.3) is 0 Å². The van der Waals surface area contributed by atoms with E-state index in [1.54, 1.807) is 13.8 Å². The summed E-state index contributed by atoms with van der Waals surface area (Å²) in [6.07, 6.45) is 3.09. The number of primary amides is 3. The van der Waals surface area contributed by atoms with Crippen molar-refractivity contribution in [2.45, 2.75) is 83.3 Å². The van der Waals surface area contributed by atoms with Crippen LogP contribution in [-0.2, 0) is 43.1 Å². The third-order valence-corrected chi connectivity index (χ3v) is 8.52. The summed E-state index contributed by atoms with van der Waals surface area (Å²) >= 11 is 0. The Bertz CT molecular complexity index is 1310. The van der Waals surface area contributed by atoms with Crippen LogP contribution in [0.5, 0.6) is 0 Å². The number of likely N-dealkylation sites (tertiary alicyclic amines) is 3. The van der Waals surface area contributed by atoms with Crippen LogP contribution >= 0.6 is 0 Å². The van der Waals surface area contributed by atoms with E-state index in [4.69, 9.17) is 27.5 Å². The maximum absolute atomic E-state index is 11.8. The maximum atomic E-state index is 11.8. The Balaban J connectivity index is 0.000000255. The fraction of sp³-hybridized carbons (Fsp3) is 0.655. The van der Waals surface area contributed by atoms with Gasteiger partial charge in [0.25, 0.3) is 0 Å². The third-order valence-electron chi connectivity index (χ3n) is 8.52. The highest BCUT2D eigenvalue weighted by atomic mass is 16.5. The van der Waals surface area contributed by atoms with Gasteiger partial charge in [0.15, 0.2) is 0 Å². The van der Waals surface area contributed by atoms with Crippen molar-refractivity contribution >= 4 is 47.3 Å². The van der Waals surface area contributed by atoms with Crippen molar-refractivity contribution in [2.24, 2.45) is 34.9 Å². The van der Waals surface area contributed by atoms with E-state index in [0.29, 0.717) is 31.7 Å². The van der Waals surface area contributed by atoms with Crippen LogP contribution in [-0.4, -0.2) is 117 Å². The van der Waals surface area contributed by atoms with Crippen LogP contribution in [0.2, 0.25) is 0 Å². The molecule has 1 aromatic heterocycles. The molecule has 4 rings (SSSR count). The molecule has 49 heavy (non-hydrogen) atoms. The number of nitrogens with one attached hydrogen (secondary N) is 1. The van der Waals surface area contributed by atoms with E-state index in [-0.39, 0.29) is 56.0 Å². The van der Waals surface area contributed by atoms with Gasteiger partial charge in [-0.1, -0.05) is 20.8 Å². The topological polar surface area (TPSA) is 311 Å². The molecule has 1 aromatic rings. The molecule has 20 nitrogen and oxygen atoms in total. The summed E-state index contributed by atoms with van der Waals surface area (Å²) in [5.41, 5.74) is 17.6. The van der Waals surface area contributed by atoms with Gasteiger partial charge in [0.05, 0.1) is 24.9 Å². The molecule has 3 unspecified atom stereocenters. The van der Waals surface area contributed by atoms with Crippen LogP contribution in [0.4, 0.5) is 0 Å². The first kappa shape index (κ1) is 40.0. The number of hydrazine groups is 1. The minimum atomic E-state index is -0.636. The first-order chi connectivity index (χ1) is 23.1. The molecular formula is C29H46N10O10. The van der Waals surface area contributed by atoms with Crippen molar-refractivity contribution in [3.63, 3.8) is 0 Å². The molecule has 9 N–H and O–H groups in total. The van der Waals surface area contributed by atoms with Crippen LogP contribution in [0.15, 0.2) is 10.8 Å². The average Bonchev–Trinajstić information content (AvgIpc) is 3.87. The van der Waals surface area contributed by atoms with Gasteiger partial charge in [0.2, 0.25) is 53.6 Å². The second-order valence-electron chi connectivity index (χ2n) is 11.6. The van der Waals surface area contributed by atoms with Crippen molar-refractivity contribution in [3.05, 3.63) is 12.3 Å². The Morgan fingerprint density at radius 3 is 1.61 bits per heavy atom. The minimum Gasteiger partial charge on any atom is -0.469 e. The summed E-state index contributed by atoms with van der Waals surface area (Å²) < 4.78 is 9.64. The van der Waals surface area contributed by atoms with E-state index >= 15 is 0 Å². The molecular weight excluding hydrogens is 648 g/mol. The molecule has 20 heteroatoms. The Morgan fingerprint density at radius 1 is 0.796 bits per heavy atom. The smallest absolute Gasteiger partial charge is 0.310 e. The summed E-state index contributed by atoms with van der Waals surface area (Å²) in [6, 6.07) is -1.80. The van der Waals surface area contributed by atoms with E-state index in [9.17, 15) is 38.4 Å². The van der Waals surface area contributed by atoms with Crippen LogP contribution in [0.1, 0.15) is 71.1 Å². The summed E-state index contributed by atoms with van der Waals surface area (Å²) in [5.74, 6) is 1.36. The van der Waals surface area contributed by atoms with Gasteiger partial charge in [-0.15, -0.1) is 10.2 Å². The fourth-order valence-electron chi connectivity index (χ4n) is 5.97. The Hall–Kier alpha value is -5.14. The number of aromatic nitrogens is 2. The zero-order valence-corrected chi connectivity index (χ0v) is 28.0. The van der Waals surface area contributed by atoms with Crippen LogP contribution in [0.3, 0.4) is 0 Å². The number of carbonyl (C=O) groups excluding carboxylic acids is 8. The molecule has 6 atom stereocenters. The summed E-state index contributed by atoms with van der Waals surface area (Å²) in [6.45, 7) is 6.18. The third kappa shape index (κ3) is 10.2. The Morgan fingerprint density at radius 2 is 1.22 bits per heavy atom. The molecule has 0 spiro atoms. The summed E-state index contributed by atoms with van der Waals surface area (Å²) in [4.78, 5) is 95.2. The lowest BCUT2D eigenvalue weighted by atomic mass is 10.1. The van der Waals surface area contributed by atoms with Gasteiger partial charge in [-0.2, -0.15) is 0 Å². The van der Waals surface area contributed by atoms with Gasteiger partial charge in [-0.3, -0.25) is 43.8 Å². The summed E-state index contributed by atoms with van der Waals surface area (Å²) in [5, 5.41) is 7.36. The predicted molar refractivity (Wildman–Crippen MR) is 167 cm³/mol. The van der Waals surface area contributed by atoms with Gasteiger partial charge in [-0.25, -0.2) is 5.84 Å². The lowest BCUT2D eigenvalue weighted by Crippen LogP contribution is -2.46. The van der Waals surface area contributed by atoms with E-state index in [0.717, 1.165) is 0 Å². The van der Waals surface area contributed by atoms with E-state index in [1.165, 1.54) is 28.2 Å². The number of amides is 7. The molecule has 0 aliphatic carbocycles. The zero-order chi connectivity index (χ0) is 37.0. The molecule has 7 amide bonds. The lowest BCUT2D eigenvalue weighted by Gasteiger charge is -2.24. The molecule has 3 saturated heterocycles. The van der Waals surface area contributed by atoms with Crippen molar-refractivity contribution < 1.29 is 47.5 Å². The lowest BCUT2D eigenvalue weighted by molar-refractivity contribution is -0.145. The molecule has 4 heterocycles. The number of nitrogens with zero attached hydrogens (tertiary/aromatic N) is 5. The highest BCUT2D eigenvalue weighted by molar-refractivity contribution is 5.93. The van der Waals surface area contributed by atoms with Crippen LogP contribution in [0, 0.1) is 11.8 Å². The number of esters is 1. The van der Waals surface area contributed by atoms with Gasteiger partial charge in [-0.05, 0) is 19.3 Å². The fourth-order valence-corrected chi connectivity index (χ4v) is 5.97. The molecule has 3 fully saturated rings. The monoisotopic (exact) mass is 694 g/mol. The number of hydrogen-bond donors (Lipinski definition) is 5. The predicted octanol–water partition coefficient (Wildman–Crippen LogP) is -2.99. The SMILES string of the molecule is CC[C@@H](C(N)=O)N1CC(C(=O)NN)CC1=O.CC[C@@H](C(N)=O)N1CC(C(=O)OC)CC1=O.CC[C@@H](C(N)=O)N1CC(c2nnco2)CC1=O. The van der Waals surface area contributed by atoms with E-state index in [2.05, 4.69) is 14.9 Å². The maximum Gasteiger partial charge on any atom is 0.310 e. The molecule has 272 valence electrons. The molecule has 3 aliphatic heterocycles. The number of carbonyl (C=O) groups is 8. The van der Waals surface area contributed by atoms with Crippen molar-refractivity contribution in [1.29, 1.82) is 0 Å². The van der Waals surface area contributed by atoms with Gasteiger partial charge < -0.3 is 41.1 Å². The second kappa shape index (κ2) is 18.4.